The fourth-order valence-corrected chi connectivity index (χ4v) is 3.66. The molecule has 0 spiro atoms. The van der Waals surface area contributed by atoms with Crippen molar-refractivity contribution in [2.45, 2.75) is 51.6 Å². The number of aromatic nitrogens is 3. The number of aliphatic hydroxyl groups excluding tert-OH is 1. The summed E-state index contributed by atoms with van der Waals surface area (Å²) < 4.78 is 0. The quantitative estimate of drug-likeness (QED) is 0.538. The molecule has 3 rings (SSSR count). The number of aliphatic hydroxyl groups is 1. The average molecular weight is 399 g/mol. The first-order valence-electron chi connectivity index (χ1n) is 10.2. The number of allylic oxidation sites excluding steroid dienone is 1. The molecule has 8 nitrogen and oxygen atoms in total. The van der Waals surface area contributed by atoms with Crippen molar-refractivity contribution in [3.8, 4) is 0 Å². The van der Waals surface area contributed by atoms with E-state index < -0.39 is 0 Å². The molecule has 0 amide bonds. The second-order valence-corrected chi connectivity index (χ2v) is 7.25. The van der Waals surface area contributed by atoms with Crippen LogP contribution in [0.25, 0.3) is 5.57 Å². The predicted molar refractivity (Wildman–Crippen MR) is 116 cm³/mol. The Bertz CT molecular complexity index is 872. The summed E-state index contributed by atoms with van der Waals surface area (Å²) in [5.41, 5.74) is 7.52. The molecule has 1 fully saturated rings. The SMILES string of the molecule is CC/C(=C/N)c1nc(NCc2ccc(=O)[nH]c2)cc(N2CCCCC2CCO)n1. The summed E-state index contributed by atoms with van der Waals surface area (Å²) in [6.45, 7) is 3.63. The van der Waals surface area contributed by atoms with Crippen molar-refractivity contribution in [3.05, 3.63) is 52.3 Å². The number of rotatable bonds is 8. The topological polar surface area (TPSA) is 120 Å². The molecule has 3 heterocycles. The van der Waals surface area contributed by atoms with Crippen molar-refractivity contribution >= 4 is 17.2 Å². The maximum absolute atomic E-state index is 11.2. The zero-order valence-electron chi connectivity index (χ0n) is 16.9. The molecule has 1 atom stereocenters. The third-order valence-electron chi connectivity index (χ3n) is 5.29. The number of hydrogen-bond acceptors (Lipinski definition) is 7. The molecule has 0 bridgehead atoms. The van der Waals surface area contributed by atoms with Crippen LogP contribution in [0.5, 0.6) is 0 Å². The van der Waals surface area contributed by atoms with E-state index in [2.05, 4.69) is 20.2 Å². The number of piperidine rings is 1. The van der Waals surface area contributed by atoms with E-state index in [4.69, 9.17) is 10.7 Å². The van der Waals surface area contributed by atoms with Gasteiger partial charge in [-0.3, -0.25) is 4.79 Å². The Morgan fingerprint density at radius 1 is 1.41 bits per heavy atom. The number of nitrogens with one attached hydrogen (secondary N) is 2. The van der Waals surface area contributed by atoms with Crippen LogP contribution in [0.3, 0.4) is 0 Å². The van der Waals surface area contributed by atoms with E-state index >= 15 is 0 Å². The van der Waals surface area contributed by atoms with Gasteiger partial charge in [0.05, 0.1) is 0 Å². The van der Waals surface area contributed by atoms with E-state index in [1.54, 1.807) is 18.5 Å². The van der Waals surface area contributed by atoms with Gasteiger partial charge in [0.1, 0.15) is 11.6 Å². The molecular formula is C21H30N6O2. The highest BCUT2D eigenvalue weighted by atomic mass is 16.3. The summed E-state index contributed by atoms with van der Waals surface area (Å²) in [5.74, 6) is 2.17. The molecule has 1 unspecified atom stereocenters. The van der Waals surface area contributed by atoms with Gasteiger partial charge in [-0.15, -0.1) is 0 Å². The number of nitrogens with zero attached hydrogens (tertiary/aromatic N) is 3. The van der Waals surface area contributed by atoms with Crippen molar-refractivity contribution in [1.29, 1.82) is 0 Å². The number of aromatic amines is 1. The minimum Gasteiger partial charge on any atom is -0.404 e. The van der Waals surface area contributed by atoms with Crippen molar-refractivity contribution in [3.63, 3.8) is 0 Å². The van der Waals surface area contributed by atoms with E-state index in [1.165, 1.54) is 12.5 Å². The minimum atomic E-state index is -0.124. The highest BCUT2D eigenvalue weighted by Gasteiger charge is 2.24. The van der Waals surface area contributed by atoms with Gasteiger partial charge < -0.3 is 26.0 Å². The van der Waals surface area contributed by atoms with Crippen LogP contribution in [0.4, 0.5) is 11.6 Å². The molecule has 8 heteroatoms. The highest BCUT2D eigenvalue weighted by molar-refractivity contribution is 5.63. The van der Waals surface area contributed by atoms with Crippen LogP contribution >= 0.6 is 0 Å². The van der Waals surface area contributed by atoms with Crippen molar-refractivity contribution in [1.82, 2.24) is 15.0 Å². The van der Waals surface area contributed by atoms with Gasteiger partial charge in [-0.1, -0.05) is 13.0 Å². The number of hydrogen-bond donors (Lipinski definition) is 4. The van der Waals surface area contributed by atoms with Gasteiger partial charge in [0, 0.05) is 55.8 Å². The fraction of sp³-hybridized carbons (Fsp3) is 0.476. The van der Waals surface area contributed by atoms with E-state index in [0.29, 0.717) is 18.2 Å². The Kier molecular flexibility index (Phi) is 7.24. The summed E-state index contributed by atoms with van der Waals surface area (Å²) in [6.07, 6.45) is 8.04. The smallest absolute Gasteiger partial charge is 0.247 e. The Hall–Kier alpha value is -2.87. The summed E-state index contributed by atoms with van der Waals surface area (Å²) in [5, 5.41) is 12.8. The Morgan fingerprint density at radius 3 is 2.97 bits per heavy atom. The third-order valence-corrected chi connectivity index (χ3v) is 5.29. The van der Waals surface area contributed by atoms with Gasteiger partial charge >= 0.3 is 0 Å². The molecular weight excluding hydrogens is 368 g/mol. The number of H-pyrrole nitrogens is 1. The molecule has 1 aliphatic rings. The largest absolute Gasteiger partial charge is 0.404 e. The normalized spacial score (nSPS) is 17.4. The van der Waals surface area contributed by atoms with Crippen LogP contribution in [-0.4, -0.2) is 39.3 Å². The van der Waals surface area contributed by atoms with Crippen LogP contribution in [0.1, 0.15) is 50.4 Å². The molecule has 1 aliphatic heterocycles. The molecule has 1 saturated heterocycles. The molecule has 2 aromatic heterocycles. The van der Waals surface area contributed by atoms with Crippen molar-refractivity contribution in [2.75, 3.05) is 23.4 Å². The van der Waals surface area contributed by atoms with Gasteiger partial charge in [0.2, 0.25) is 5.56 Å². The molecule has 0 radical (unpaired) electrons. The van der Waals surface area contributed by atoms with Gasteiger partial charge in [0.25, 0.3) is 0 Å². The van der Waals surface area contributed by atoms with Gasteiger partial charge in [-0.05, 0) is 37.7 Å². The number of anilines is 2. The standard InChI is InChI=1S/C21H30N6O2/c1-2-16(12-22)21-25-18(23-13-15-6-7-20(29)24-14-15)11-19(26-21)27-9-4-3-5-17(27)8-10-28/h6-7,11-12,14,17,28H,2-5,8-10,13,22H2,1H3,(H,24,29)(H,23,25,26)/b16-12-. The van der Waals surface area contributed by atoms with Crippen LogP contribution in [0, 0.1) is 0 Å². The molecule has 29 heavy (non-hydrogen) atoms. The zero-order valence-corrected chi connectivity index (χ0v) is 16.9. The Balaban J connectivity index is 1.90. The van der Waals surface area contributed by atoms with E-state index in [0.717, 1.165) is 49.2 Å². The van der Waals surface area contributed by atoms with Crippen molar-refractivity contribution < 1.29 is 5.11 Å². The first kappa shape index (κ1) is 20.9. The van der Waals surface area contributed by atoms with Gasteiger partial charge in [-0.2, -0.15) is 0 Å². The number of pyridine rings is 1. The second-order valence-electron chi connectivity index (χ2n) is 7.25. The highest BCUT2D eigenvalue weighted by Crippen LogP contribution is 2.28. The van der Waals surface area contributed by atoms with E-state index in [9.17, 15) is 9.90 Å². The maximum Gasteiger partial charge on any atom is 0.247 e. The van der Waals surface area contributed by atoms with Crippen LogP contribution in [0.15, 0.2) is 35.4 Å². The summed E-state index contributed by atoms with van der Waals surface area (Å²) in [7, 11) is 0. The van der Waals surface area contributed by atoms with Crippen LogP contribution < -0.4 is 21.5 Å². The lowest BCUT2D eigenvalue weighted by atomic mass is 9.99. The molecule has 5 N–H and O–H groups in total. The molecule has 156 valence electrons. The van der Waals surface area contributed by atoms with E-state index in [-0.39, 0.29) is 18.2 Å². The third kappa shape index (κ3) is 5.35. The minimum absolute atomic E-state index is 0.124. The predicted octanol–water partition coefficient (Wildman–Crippen LogP) is 2.23. The Morgan fingerprint density at radius 2 is 2.28 bits per heavy atom. The summed E-state index contributed by atoms with van der Waals surface area (Å²) in [4.78, 5) is 25.7. The lowest BCUT2D eigenvalue weighted by molar-refractivity contribution is 0.262. The summed E-state index contributed by atoms with van der Waals surface area (Å²) >= 11 is 0. The monoisotopic (exact) mass is 398 g/mol. The van der Waals surface area contributed by atoms with Gasteiger partial charge in [0.15, 0.2) is 5.82 Å². The first-order chi connectivity index (χ1) is 14.1. The van der Waals surface area contributed by atoms with E-state index in [1.807, 2.05) is 13.0 Å². The number of nitrogens with two attached hydrogens (primary N) is 1. The first-order valence-corrected chi connectivity index (χ1v) is 10.2. The molecule has 0 saturated carbocycles. The van der Waals surface area contributed by atoms with Gasteiger partial charge in [-0.25, -0.2) is 9.97 Å². The molecule has 2 aromatic rings. The van der Waals surface area contributed by atoms with Crippen LogP contribution in [-0.2, 0) is 6.54 Å². The molecule has 0 aliphatic carbocycles. The lowest BCUT2D eigenvalue weighted by Crippen LogP contribution is -2.40. The van der Waals surface area contributed by atoms with Crippen LogP contribution in [0.2, 0.25) is 0 Å². The van der Waals surface area contributed by atoms with Crippen molar-refractivity contribution in [2.24, 2.45) is 5.73 Å². The second kappa shape index (κ2) is 10.1. The fourth-order valence-electron chi connectivity index (χ4n) is 3.66. The zero-order chi connectivity index (χ0) is 20.6. The lowest BCUT2D eigenvalue weighted by Gasteiger charge is -2.36. The molecule has 0 aromatic carbocycles. The average Bonchev–Trinajstić information content (AvgIpc) is 2.75. The Labute approximate surface area is 170 Å². The summed E-state index contributed by atoms with van der Waals surface area (Å²) in [6, 6.07) is 5.52. The maximum atomic E-state index is 11.2.